The monoisotopic (exact) mass is 347 g/mol. The number of carbonyl (C=O) groups is 1. The first kappa shape index (κ1) is 19.0. The largest absolute Gasteiger partial charge is 0.494 e. The zero-order valence-corrected chi connectivity index (χ0v) is 15.5. The van der Waals surface area contributed by atoms with E-state index >= 15 is 0 Å². The molecule has 0 radical (unpaired) electrons. The van der Waals surface area contributed by atoms with Crippen LogP contribution < -0.4 is 10.1 Å². The van der Waals surface area contributed by atoms with Crippen LogP contribution in [0.2, 0.25) is 0 Å². The molecule has 1 N–H and O–H groups in total. The molecule has 0 bridgehead atoms. The topological polar surface area (TPSA) is 56.2 Å². The van der Waals surface area contributed by atoms with Crippen molar-refractivity contribution >= 4 is 5.91 Å². The van der Waals surface area contributed by atoms with E-state index in [-0.39, 0.29) is 17.7 Å². The Morgan fingerprint density at radius 3 is 2.60 bits per heavy atom. The smallest absolute Gasteiger partial charge is 0.270 e. The summed E-state index contributed by atoms with van der Waals surface area (Å²) in [6.45, 7) is 8.62. The summed E-state index contributed by atoms with van der Waals surface area (Å²) >= 11 is 0. The Kier molecular flexibility index (Phi) is 6.17. The van der Waals surface area contributed by atoms with Crippen LogP contribution in [0, 0.1) is 11.7 Å². The third-order valence-electron chi connectivity index (χ3n) is 4.00. The molecular weight excluding hydrogens is 321 g/mol. The van der Waals surface area contributed by atoms with E-state index in [1.807, 2.05) is 19.9 Å². The van der Waals surface area contributed by atoms with Gasteiger partial charge >= 0.3 is 0 Å². The van der Waals surface area contributed by atoms with Crippen LogP contribution in [0.1, 0.15) is 55.5 Å². The summed E-state index contributed by atoms with van der Waals surface area (Å²) in [5, 5.41) is 7.40. The summed E-state index contributed by atoms with van der Waals surface area (Å²) in [6.07, 6.45) is 0.826. The second-order valence-corrected chi connectivity index (χ2v) is 6.52. The van der Waals surface area contributed by atoms with Crippen molar-refractivity contribution in [2.75, 3.05) is 7.11 Å². The summed E-state index contributed by atoms with van der Waals surface area (Å²) in [5.41, 5.74) is 2.11. The highest BCUT2D eigenvalue weighted by Crippen LogP contribution is 2.22. The van der Waals surface area contributed by atoms with Gasteiger partial charge in [-0.05, 0) is 49.9 Å². The van der Waals surface area contributed by atoms with Crippen LogP contribution in [0.15, 0.2) is 24.3 Å². The predicted molar refractivity (Wildman–Crippen MR) is 95.3 cm³/mol. The third kappa shape index (κ3) is 4.59. The van der Waals surface area contributed by atoms with E-state index in [0.717, 1.165) is 12.1 Å². The molecule has 1 heterocycles. The number of methoxy groups -OCH3 is 1. The molecule has 0 unspecified atom stereocenters. The van der Waals surface area contributed by atoms with Crippen molar-refractivity contribution in [1.82, 2.24) is 15.1 Å². The van der Waals surface area contributed by atoms with Crippen LogP contribution >= 0.6 is 0 Å². The molecule has 0 aliphatic rings. The predicted octanol–water partition coefficient (Wildman–Crippen LogP) is 3.74. The van der Waals surface area contributed by atoms with Gasteiger partial charge in [-0.1, -0.05) is 19.9 Å². The summed E-state index contributed by atoms with van der Waals surface area (Å²) < 4.78 is 20.5. The van der Waals surface area contributed by atoms with Gasteiger partial charge in [-0.2, -0.15) is 5.10 Å². The molecule has 0 fully saturated rings. The van der Waals surface area contributed by atoms with Crippen molar-refractivity contribution in [2.24, 2.45) is 5.92 Å². The number of carbonyl (C=O) groups excluding carboxylic acids is 1. The Morgan fingerprint density at radius 2 is 2.04 bits per heavy atom. The van der Waals surface area contributed by atoms with Gasteiger partial charge in [-0.25, -0.2) is 4.39 Å². The zero-order valence-electron chi connectivity index (χ0n) is 15.5. The third-order valence-corrected chi connectivity index (χ3v) is 4.00. The molecule has 136 valence electrons. The van der Waals surface area contributed by atoms with Crippen LogP contribution in [0.25, 0.3) is 0 Å². The van der Waals surface area contributed by atoms with E-state index in [1.165, 1.54) is 13.2 Å². The molecular formula is C19H26FN3O2. The second kappa shape index (κ2) is 8.14. The maximum Gasteiger partial charge on any atom is 0.270 e. The van der Waals surface area contributed by atoms with E-state index in [1.54, 1.807) is 16.8 Å². The minimum atomic E-state index is -0.445. The molecule has 1 aromatic carbocycles. The Bertz CT molecular complexity index is 740. The van der Waals surface area contributed by atoms with Gasteiger partial charge < -0.3 is 10.1 Å². The van der Waals surface area contributed by atoms with Gasteiger partial charge in [0, 0.05) is 6.54 Å². The molecule has 25 heavy (non-hydrogen) atoms. The van der Waals surface area contributed by atoms with E-state index in [9.17, 15) is 9.18 Å². The minimum Gasteiger partial charge on any atom is -0.494 e. The van der Waals surface area contributed by atoms with Gasteiger partial charge in [0.25, 0.3) is 5.91 Å². The summed E-state index contributed by atoms with van der Waals surface area (Å²) in [6, 6.07) is 6.19. The first-order chi connectivity index (χ1) is 11.8. The summed E-state index contributed by atoms with van der Waals surface area (Å²) in [4.78, 5) is 12.6. The van der Waals surface area contributed by atoms with Crippen molar-refractivity contribution < 1.29 is 13.9 Å². The Balaban J connectivity index is 2.15. The quantitative estimate of drug-likeness (QED) is 0.830. The van der Waals surface area contributed by atoms with E-state index in [0.29, 0.717) is 23.7 Å². The van der Waals surface area contributed by atoms with Crippen LogP contribution in [0.4, 0.5) is 4.39 Å². The Morgan fingerprint density at radius 1 is 1.32 bits per heavy atom. The number of amides is 1. The molecule has 0 saturated heterocycles. The molecule has 0 saturated carbocycles. The maximum absolute atomic E-state index is 13.9. The lowest BCUT2D eigenvalue weighted by molar-refractivity contribution is 0.0929. The number of hydrogen-bond donors (Lipinski definition) is 1. The van der Waals surface area contributed by atoms with E-state index in [4.69, 9.17) is 4.74 Å². The molecule has 1 aromatic heterocycles. The number of rotatable bonds is 7. The molecule has 1 atom stereocenters. The molecule has 0 aliphatic carbocycles. The van der Waals surface area contributed by atoms with E-state index in [2.05, 4.69) is 24.3 Å². The van der Waals surface area contributed by atoms with Crippen LogP contribution in [0.3, 0.4) is 0 Å². The molecule has 2 aromatic rings. The Labute approximate surface area is 148 Å². The first-order valence-corrected chi connectivity index (χ1v) is 8.56. The van der Waals surface area contributed by atoms with Gasteiger partial charge in [0.15, 0.2) is 11.6 Å². The molecule has 6 heteroatoms. The number of halogens is 1. The standard InChI is InChI=1S/C19H26FN3O2/c1-6-23-17(11-15(22-23)9-12(2)3)19(24)21-13(4)14-7-8-18(25-5)16(20)10-14/h7-8,10-13H,6,9H2,1-5H3,(H,21,24)/t13-/m0/s1. The van der Waals surface area contributed by atoms with Crippen LogP contribution in [-0.4, -0.2) is 22.8 Å². The minimum absolute atomic E-state index is 0.185. The highest BCUT2D eigenvalue weighted by molar-refractivity contribution is 5.93. The molecule has 5 nitrogen and oxygen atoms in total. The van der Waals surface area contributed by atoms with Gasteiger partial charge in [-0.3, -0.25) is 9.48 Å². The van der Waals surface area contributed by atoms with Crippen molar-refractivity contribution in [3.05, 3.63) is 47.0 Å². The SMILES string of the molecule is CCn1nc(CC(C)C)cc1C(=O)N[C@@H](C)c1ccc(OC)c(F)c1. The normalized spacial score (nSPS) is 12.3. The molecule has 2 rings (SSSR count). The maximum atomic E-state index is 13.9. The Hall–Kier alpha value is -2.37. The first-order valence-electron chi connectivity index (χ1n) is 8.56. The fraction of sp³-hybridized carbons (Fsp3) is 0.474. The van der Waals surface area contributed by atoms with Crippen molar-refractivity contribution in [3.63, 3.8) is 0 Å². The van der Waals surface area contributed by atoms with Gasteiger partial charge in [0.05, 0.1) is 18.8 Å². The van der Waals surface area contributed by atoms with E-state index < -0.39 is 5.82 Å². The molecule has 0 aliphatic heterocycles. The average molecular weight is 347 g/mol. The lowest BCUT2D eigenvalue weighted by atomic mass is 10.1. The van der Waals surface area contributed by atoms with Gasteiger partial charge in [0.2, 0.25) is 0 Å². The number of aryl methyl sites for hydroxylation is 1. The fourth-order valence-corrected chi connectivity index (χ4v) is 2.72. The lowest BCUT2D eigenvalue weighted by Crippen LogP contribution is -2.28. The van der Waals surface area contributed by atoms with Crippen molar-refractivity contribution in [2.45, 2.75) is 46.7 Å². The molecule has 1 amide bonds. The average Bonchev–Trinajstić information content (AvgIpc) is 2.96. The second-order valence-electron chi connectivity index (χ2n) is 6.52. The van der Waals surface area contributed by atoms with Crippen LogP contribution in [-0.2, 0) is 13.0 Å². The summed E-state index contributed by atoms with van der Waals surface area (Å²) in [7, 11) is 1.42. The number of hydrogen-bond acceptors (Lipinski definition) is 3. The van der Waals surface area contributed by atoms with Crippen molar-refractivity contribution in [1.29, 1.82) is 0 Å². The fourth-order valence-electron chi connectivity index (χ4n) is 2.72. The number of aromatic nitrogens is 2. The summed E-state index contributed by atoms with van der Waals surface area (Å²) in [5.74, 6) is -0.00557. The lowest BCUT2D eigenvalue weighted by Gasteiger charge is -2.15. The van der Waals surface area contributed by atoms with Crippen LogP contribution in [0.5, 0.6) is 5.75 Å². The molecule has 0 spiro atoms. The van der Waals surface area contributed by atoms with Crippen molar-refractivity contribution in [3.8, 4) is 5.75 Å². The number of benzene rings is 1. The highest BCUT2D eigenvalue weighted by Gasteiger charge is 2.18. The van der Waals surface area contributed by atoms with Gasteiger partial charge in [-0.15, -0.1) is 0 Å². The number of nitrogens with zero attached hydrogens (tertiary/aromatic N) is 2. The highest BCUT2D eigenvalue weighted by atomic mass is 19.1. The number of nitrogens with one attached hydrogen (secondary N) is 1. The zero-order chi connectivity index (χ0) is 18.6. The number of ether oxygens (including phenoxy) is 1. The van der Waals surface area contributed by atoms with Gasteiger partial charge in [0.1, 0.15) is 5.69 Å².